The summed E-state index contributed by atoms with van der Waals surface area (Å²) in [5, 5.41) is 7.31. The molecule has 0 amide bonds. The van der Waals surface area contributed by atoms with Crippen LogP contribution in [0.1, 0.15) is 12.8 Å². The van der Waals surface area contributed by atoms with Gasteiger partial charge in [-0.25, -0.2) is 0 Å². The second kappa shape index (κ2) is 2.55. The van der Waals surface area contributed by atoms with Gasteiger partial charge in [0.2, 0.25) is 5.78 Å². The number of carbonyl (C=O) groups excluding carboxylic acids is 1. The molecule has 0 bridgehead atoms. The van der Waals surface area contributed by atoms with Crippen LogP contribution in [0.15, 0.2) is 35.5 Å². The molecule has 2 heteroatoms. The number of nitrogens with one attached hydrogen (secondary N) is 1. The van der Waals surface area contributed by atoms with Gasteiger partial charge in [0, 0.05) is 5.57 Å². The van der Waals surface area contributed by atoms with Crippen LogP contribution < -0.4 is 0 Å². The second-order valence-corrected chi connectivity index (χ2v) is 2.96. The molecular formula is C10H9NO. The minimum Gasteiger partial charge on any atom is -0.297 e. The molecule has 60 valence electrons. The average Bonchev–Trinajstić information content (AvgIpc) is 2.12. The van der Waals surface area contributed by atoms with Gasteiger partial charge in [-0.3, -0.25) is 10.2 Å². The molecule has 0 atom stereocenters. The van der Waals surface area contributed by atoms with Gasteiger partial charge in [-0.1, -0.05) is 18.2 Å². The van der Waals surface area contributed by atoms with Crippen molar-refractivity contribution in [2.24, 2.45) is 0 Å². The molecule has 0 heterocycles. The molecule has 0 fully saturated rings. The van der Waals surface area contributed by atoms with Crippen LogP contribution in [0.3, 0.4) is 0 Å². The number of hydrogen-bond donors (Lipinski definition) is 1. The largest absolute Gasteiger partial charge is 0.297 e. The van der Waals surface area contributed by atoms with E-state index in [-0.39, 0.29) is 11.5 Å². The van der Waals surface area contributed by atoms with Crippen molar-refractivity contribution in [3.05, 3.63) is 35.5 Å². The van der Waals surface area contributed by atoms with Crippen molar-refractivity contribution in [2.75, 3.05) is 0 Å². The predicted molar refractivity (Wildman–Crippen MR) is 47.3 cm³/mol. The predicted octanol–water partition coefficient (Wildman–Crippen LogP) is 1.79. The van der Waals surface area contributed by atoms with E-state index >= 15 is 0 Å². The summed E-state index contributed by atoms with van der Waals surface area (Å²) in [5.74, 6) is -0.136. The Labute approximate surface area is 70.8 Å². The van der Waals surface area contributed by atoms with E-state index in [2.05, 4.69) is 0 Å². The van der Waals surface area contributed by atoms with Crippen LogP contribution >= 0.6 is 0 Å². The molecular weight excluding hydrogens is 150 g/mol. The first-order valence-corrected chi connectivity index (χ1v) is 4.00. The third-order valence-electron chi connectivity index (χ3n) is 2.15. The van der Waals surface area contributed by atoms with E-state index < -0.39 is 0 Å². The Kier molecular flexibility index (Phi) is 1.54. The lowest BCUT2D eigenvalue weighted by Gasteiger charge is -2.15. The lowest BCUT2D eigenvalue weighted by molar-refractivity contribution is -0.109. The fourth-order valence-electron chi connectivity index (χ4n) is 1.48. The lowest BCUT2D eigenvalue weighted by Crippen LogP contribution is -2.18. The highest BCUT2D eigenvalue weighted by molar-refractivity contribution is 6.50. The third kappa shape index (κ3) is 0.961. The van der Waals surface area contributed by atoms with E-state index in [0.717, 1.165) is 18.4 Å². The molecule has 0 saturated carbocycles. The summed E-state index contributed by atoms with van der Waals surface area (Å²) in [5.41, 5.74) is 1.90. The number of carbonyl (C=O) groups is 1. The first kappa shape index (κ1) is 7.22. The molecule has 0 aromatic heterocycles. The molecule has 1 N–H and O–H groups in total. The normalized spacial score (nSPS) is 21.7. The fourth-order valence-corrected chi connectivity index (χ4v) is 1.48. The highest BCUT2D eigenvalue weighted by Gasteiger charge is 2.19. The molecule has 0 radical (unpaired) electrons. The van der Waals surface area contributed by atoms with Gasteiger partial charge in [-0.15, -0.1) is 0 Å². The monoisotopic (exact) mass is 159 g/mol. The SMILES string of the molecule is N=C1C=CC2=C(C=CCC2)C1=O. The summed E-state index contributed by atoms with van der Waals surface area (Å²) in [7, 11) is 0. The van der Waals surface area contributed by atoms with E-state index in [9.17, 15) is 4.79 Å². The van der Waals surface area contributed by atoms with Gasteiger partial charge < -0.3 is 0 Å². The summed E-state index contributed by atoms with van der Waals surface area (Å²) in [6, 6.07) is 0. The van der Waals surface area contributed by atoms with Gasteiger partial charge in [0.25, 0.3) is 0 Å². The van der Waals surface area contributed by atoms with Crippen molar-refractivity contribution in [1.29, 1.82) is 5.41 Å². The van der Waals surface area contributed by atoms with Gasteiger partial charge in [-0.05, 0) is 24.5 Å². The van der Waals surface area contributed by atoms with Crippen molar-refractivity contribution in [1.82, 2.24) is 0 Å². The van der Waals surface area contributed by atoms with Gasteiger partial charge in [0.1, 0.15) is 5.71 Å². The van der Waals surface area contributed by atoms with Crippen molar-refractivity contribution in [3.8, 4) is 0 Å². The zero-order valence-electron chi connectivity index (χ0n) is 6.63. The molecule has 0 unspecified atom stereocenters. The van der Waals surface area contributed by atoms with E-state index in [1.165, 1.54) is 0 Å². The second-order valence-electron chi connectivity index (χ2n) is 2.96. The van der Waals surface area contributed by atoms with E-state index in [1.54, 1.807) is 6.08 Å². The standard InChI is InChI=1S/C10H9NO/c11-9-6-5-7-3-1-2-4-8(7)10(9)12/h2,4-6,11H,1,3H2. The minimum atomic E-state index is -0.136. The highest BCUT2D eigenvalue weighted by Crippen LogP contribution is 2.23. The average molecular weight is 159 g/mol. The minimum absolute atomic E-state index is 0.0975. The summed E-state index contributed by atoms with van der Waals surface area (Å²) < 4.78 is 0. The topological polar surface area (TPSA) is 40.9 Å². The molecule has 0 aliphatic heterocycles. The Morgan fingerprint density at radius 3 is 2.92 bits per heavy atom. The Bertz CT molecular complexity index is 345. The van der Waals surface area contributed by atoms with E-state index in [4.69, 9.17) is 5.41 Å². The molecule has 2 aliphatic rings. The zero-order chi connectivity index (χ0) is 8.55. The Morgan fingerprint density at radius 1 is 1.25 bits per heavy atom. The molecule has 2 aliphatic carbocycles. The number of ketones is 1. The van der Waals surface area contributed by atoms with Crippen LogP contribution in [0.2, 0.25) is 0 Å². The Balaban J connectivity index is 2.48. The van der Waals surface area contributed by atoms with Crippen LogP contribution in [0.25, 0.3) is 0 Å². The van der Waals surface area contributed by atoms with Crippen molar-refractivity contribution >= 4 is 11.5 Å². The number of hydrogen-bond acceptors (Lipinski definition) is 2. The molecule has 0 aromatic rings. The number of Topliss-reactive ketones (excluding diaryl/α,β-unsaturated/α-hetero) is 1. The van der Waals surface area contributed by atoms with Crippen LogP contribution in [-0.2, 0) is 4.79 Å². The van der Waals surface area contributed by atoms with Crippen LogP contribution in [0.4, 0.5) is 0 Å². The summed E-state index contributed by atoms with van der Waals surface area (Å²) in [6.45, 7) is 0. The number of allylic oxidation sites excluding steroid dienone is 6. The maximum Gasteiger partial charge on any atom is 0.210 e. The summed E-state index contributed by atoms with van der Waals surface area (Å²) >= 11 is 0. The van der Waals surface area contributed by atoms with Gasteiger partial charge in [0.15, 0.2) is 0 Å². The van der Waals surface area contributed by atoms with Crippen LogP contribution in [-0.4, -0.2) is 11.5 Å². The van der Waals surface area contributed by atoms with Gasteiger partial charge in [0.05, 0.1) is 0 Å². The maximum absolute atomic E-state index is 11.4. The Hall–Kier alpha value is -1.44. The Morgan fingerprint density at radius 2 is 2.08 bits per heavy atom. The van der Waals surface area contributed by atoms with E-state index in [0.29, 0.717) is 5.57 Å². The lowest BCUT2D eigenvalue weighted by atomic mass is 9.89. The summed E-state index contributed by atoms with van der Waals surface area (Å²) in [4.78, 5) is 11.4. The highest BCUT2D eigenvalue weighted by atomic mass is 16.1. The molecule has 0 aromatic carbocycles. The molecule has 12 heavy (non-hydrogen) atoms. The van der Waals surface area contributed by atoms with Gasteiger partial charge in [-0.2, -0.15) is 0 Å². The van der Waals surface area contributed by atoms with Crippen molar-refractivity contribution < 1.29 is 4.79 Å². The molecule has 0 saturated heterocycles. The third-order valence-corrected chi connectivity index (χ3v) is 2.15. The van der Waals surface area contributed by atoms with Crippen molar-refractivity contribution in [3.63, 3.8) is 0 Å². The van der Waals surface area contributed by atoms with Crippen LogP contribution in [0.5, 0.6) is 0 Å². The molecule has 2 nitrogen and oxygen atoms in total. The van der Waals surface area contributed by atoms with E-state index in [1.807, 2.05) is 18.2 Å². The molecule has 0 spiro atoms. The quantitative estimate of drug-likeness (QED) is 0.538. The maximum atomic E-state index is 11.4. The first-order valence-electron chi connectivity index (χ1n) is 4.00. The summed E-state index contributed by atoms with van der Waals surface area (Å²) in [6.07, 6.45) is 9.22. The molecule has 2 rings (SSSR count). The van der Waals surface area contributed by atoms with Crippen LogP contribution in [0, 0.1) is 5.41 Å². The fraction of sp³-hybridized carbons (Fsp3) is 0.200. The van der Waals surface area contributed by atoms with Gasteiger partial charge >= 0.3 is 0 Å². The van der Waals surface area contributed by atoms with Crippen molar-refractivity contribution in [2.45, 2.75) is 12.8 Å². The number of rotatable bonds is 0. The zero-order valence-corrected chi connectivity index (χ0v) is 6.63. The smallest absolute Gasteiger partial charge is 0.210 e. The first-order chi connectivity index (χ1) is 5.79.